The maximum atomic E-state index is 6.50. The molecule has 7 nitrogen and oxygen atoms in total. The Bertz CT molecular complexity index is 1050. The number of nitrogens with zero attached hydrogens (tertiary/aromatic N) is 4. The molecule has 172 valence electrons. The largest absolute Gasteiger partial charge is 0.414 e. The Kier molecular flexibility index (Phi) is 6.62. The molecular formula is C23H33N5O2SSi. The minimum absolute atomic E-state index is 0.0500. The van der Waals surface area contributed by atoms with Gasteiger partial charge >= 0.3 is 0 Å². The molecule has 0 bridgehead atoms. The zero-order chi connectivity index (χ0) is 22.9. The van der Waals surface area contributed by atoms with Gasteiger partial charge in [0.15, 0.2) is 19.8 Å². The van der Waals surface area contributed by atoms with Crippen LogP contribution in [0.15, 0.2) is 43.0 Å². The van der Waals surface area contributed by atoms with Crippen LogP contribution in [0.1, 0.15) is 32.6 Å². The van der Waals surface area contributed by atoms with Crippen LogP contribution in [0.25, 0.3) is 11.2 Å². The number of thioether (sulfide) groups is 1. The molecule has 32 heavy (non-hydrogen) atoms. The molecule has 0 saturated carbocycles. The molecule has 4 rings (SSSR count). The summed E-state index contributed by atoms with van der Waals surface area (Å²) < 4.78 is 14.8. The number of ether oxygens (including phenoxy) is 1. The number of fused-ring (bicyclic) bond motifs is 1. The molecule has 1 aromatic carbocycles. The first-order valence-electron chi connectivity index (χ1n) is 11.0. The first-order chi connectivity index (χ1) is 15.2. The lowest BCUT2D eigenvalue weighted by atomic mass is 9.96. The van der Waals surface area contributed by atoms with E-state index in [9.17, 15) is 0 Å². The molecule has 9 heteroatoms. The first-order valence-corrected chi connectivity index (χ1v) is 15.1. The number of rotatable bonds is 8. The Morgan fingerprint density at radius 3 is 2.62 bits per heavy atom. The second kappa shape index (κ2) is 9.13. The number of anilines is 1. The Hall–Kier alpha value is -1.94. The van der Waals surface area contributed by atoms with E-state index in [0.29, 0.717) is 29.5 Å². The lowest BCUT2D eigenvalue weighted by Crippen LogP contribution is -2.52. The highest BCUT2D eigenvalue weighted by atomic mass is 32.2. The topological polar surface area (TPSA) is 88.1 Å². The molecular weight excluding hydrogens is 438 g/mol. The van der Waals surface area contributed by atoms with Gasteiger partial charge in [-0.25, -0.2) is 15.0 Å². The second-order valence-electron chi connectivity index (χ2n) is 9.88. The van der Waals surface area contributed by atoms with Crippen LogP contribution in [0.2, 0.25) is 18.1 Å². The Morgan fingerprint density at radius 2 is 1.91 bits per heavy atom. The Labute approximate surface area is 195 Å². The minimum Gasteiger partial charge on any atom is -0.414 e. The summed E-state index contributed by atoms with van der Waals surface area (Å²) in [6.07, 6.45) is 3.16. The molecule has 1 fully saturated rings. The van der Waals surface area contributed by atoms with Crippen LogP contribution in [0.4, 0.5) is 5.82 Å². The number of nitrogen functional groups attached to an aromatic ring is 1. The van der Waals surface area contributed by atoms with E-state index in [-0.39, 0.29) is 17.4 Å². The van der Waals surface area contributed by atoms with Gasteiger partial charge in [-0.3, -0.25) is 4.57 Å². The molecule has 0 aliphatic carbocycles. The van der Waals surface area contributed by atoms with Gasteiger partial charge in [-0.05, 0) is 23.7 Å². The van der Waals surface area contributed by atoms with Crippen molar-refractivity contribution in [3.8, 4) is 0 Å². The number of hydrogen-bond donors (Lipinski definition) is 1. The van der Waals surface area contributed by atoms with Gasteiger partial charge in [0.25, 0.3) is 0 Å². The monoisotopic (exact) mass is 471 g/mol. The maximum absolute atomic E-state index is 6.50. The molecule has 1 saturated heterocycles. The predicted molar refractivity (Wildman–Crippen MR) is 133 cm³/mol. The average molecular weight is 472 g/mol. The fourth-order valence-corrected chi connectivity index (χ4v) is 5.76. The van der Waals surface area contributed by atoms with Crippen LogP contribution in [-0.2, 0) is 14.9 Å². The van der Waals surface area contributed by atoms with Crippen molar-refractivity contribution in [2.24, 2.45) is 5.92 Å². The number of hydrogen-bond acceptors (Lipinski definition) is 7. The summed E-state index contributed by atoms with van der Waals surface area (Å²) in [6, 6.07) is 10.6. The molecule has 0 spiro atoms. The van der Waals surface area contributed by atoms with Crippen molar-refractivity contribution in [2.75, 3.05) is 18.1 Å². The van der Waals surface area contributed by atoms with Crippen molar-refractivity contribution in [1.29, 1.82) is 0 Å². The normalized spacial score (nSPS) is 21.6. The summed E-state index contributed by atoms with van der Waals surface area (Å²) in [5.74, 6) is 2.62. The Balaban J connectivity index is 1.49. The van der Waals surface area contributed by atoms with Crippen molar-refractivity contribution in [3.05, 3.63) is 48.5 Å². The van der Waals surface area contributed by atoms with Crippen LogP contribution >= 0.6 is 11.8 Å². The van der Waals surface area contributed by atoms with Gasteiger partial charge in [0.05, 0.1) is 19.0 Å². The quantitative estimate of drug-likeness (QED) is 0.469. The molecule has 3 aromatic rings. The molecule has 1 aliphatic heterocycles. The zero-order valence-corrected chi connectivity index (χ0v) is 21.3. The summed E-state index contributed by atoms with van der Waals surface area (Å²) in [5, 5.41) is 0.169. The van der Waals surface area contributed by atoms with Crippen LogP contribution in [0.5, 0.6) is 0 Å². The molecule has 0 amide bonds. The van der Waals surface area contributed by atoms with Crippen LogP contribution in [0.3, 0.4) is 0 Å². The van der Waals surface area contributed by atoms with E-state index in [1.54, 1.807) is 6.33 Å². The predicted octanol–water partition coefficient (Wildman–Crippen LogP) is 4.88. The van der Waals surface area contributed by atoms with Gasteiger partial charge in [-0.1, -0.05) is 51.1 Å². The molecule has 2 N–H and O–H groups in total. The molecule has 0 radical (unpaired) electrons. The van der Waals surface area contributed by atoms with Gasteiger partial charge in [0, 0.05) is 17.4 Å². The summed E-state index contributed by atoms with van der Waals surface area (Å²) in [7, 11) is -1.85. The third-order valence-corrected chi connectivity index (χ3v) is 12.3. The summed E-state index contributed by atoms with van der Waals surface area (Å²) in [4.78, 5) is 12.9. The highest BCUT2D eigenvalue weighted by Gasteiger charge is 2.46. The van der Waals surface area contributed by atoms with E-state index >= 15 is 0 Å². The van der Waals surface area contributed by atoms with Gasteiger partial charge in [0.1, 0.15) is 18.1 Å². The molecule has 3 heterocycles. The SMILES string of the molecule is CC(C)(C)[Si](C)(C)OCC1OC(n2cnc3c(N)ncnc32)C1CSCc1ccccc1. The lowest BCUT2D eigenvalue weighted by molar-refractivity contribution is -0.223. The molecule has 2 aromatic heterocycles. The van der Waals surface area contributed by atoms with E-state index < -0.39 is 8.32 Å². The van der Waals surface area contributed by atoms with Crippen LogP contribution in [-0.4, -0.2) is 46.3 Å². The molecule has 3 atom stereocenters. The smallest absolute Gasteiger partial charge is 0.192 e. The van der Waals surface area contributed by atoms with E-state index in [1.807, 2.05) is 16.3 Å². The highest BCUT2D eigenvalue weighted by Crippen LogP contribution is 2.43. The van der Waals surface area contributed by atoms with Crippen LogP contribution in [0, 0.1) is 5.92 Å². The summed E-state index contributed by atoms with van der Waals surface area (Å²) in [5.41, 5.74) is 8.65. The van der Waals surface area contributed by atoms with E-state index in [2.05, 4.69) is 79.1 Å². The highest BCUT2D eigenvalue weighted by molar-refractivity contribution is 7.98. The fourth-order valence-electron chi connectivity index (χ4n) is 3.55. The number of nitrogens with two attached hydrogens (primary N) is 1. The Morgan fingerprint density at radius 1 is 1.16 bits per heavy atom. The van der Waals surface area contributed by atoms with E-state index in [4.69, 9.17) is 14.9 Å². The van der Waals surface area contributed by atoms with Crippen molar-refractivity contribution in [1.82, 2.24) is 19.5 Å². The van der Waals surface area contributed by atoms with Crippen molar-refractivity contribution >= 4 is 37.1 Å². The number of benzene rings is 1. The first kappa shape index (κ1) is 23.2. The van der Waals surface area contributed by atoms with Crippen LogP contribution < -0.4 is 5.73 Å². The van der Waals surface area contributed by atoms with E-state index in [0.717, 1.165) is 11.5 Å². The third-order valence-electron chi connectivity index (χ3n) is 6.66. The van der Waals surface area contributed by atoms with Gasteiger partial charge < -0.3 is 14.9 Å². The van der Waals surface area contributed by atoms with Gasteiger partial charge in [-0.2, -0.15) is 11.8 Å². The van der Waals surface area contributed by atoms with E-state index in [1.165, 1.54) is 11.9 Å². The average Bonchev–Trinajstić information content (AvgIpc) is 3.15. The van der Waals surface area contributed by atoms with Gasteiger partial charge in [0.2, 0.25) is 0 Å². The van der Waals surface area contributed by atoms with Gasteiger partial charge in [-0.15, -0.1) is 0 Å². The summed E-state index contributed by atoms with van der Waals surface area (Å²) >= 11 is 1.93. The number of aromatic nitrogens is 4. The van der Waals surface area contributed by atoms with Crippen molar-refractivity contribution in [2.45, 2.75) is 57.0 Å². The molecule has 1 aliphatic rings. The maximum Gasteiger partial charge on any atom is 0.192 e. The van der Waals surface area contributed by atoms with Crippen molar-refractivity contribution in [3.63, 3.8) is 0 Å². The second-order valence-corrected chi connectivity index (χ2v) is 15.7. The standard InChI is InChI=1S/C23H33N5O2SSi/c1-23(2,3)32(4,5)29-11-18-17(13-31-12-16-9-7-6-8-10-16)22(30-18)28-15-27-19-20(24)25-14-26-21(19)28/h6-10,14-15,17-18,22H,11-13H2,1-5H3,(H2,24,25,26). The minimum atomic E-state index is -1.85. The van der Waals surface area contributed by atoms with Crippen molar-refractivity contribution < 1.29 is 9.16 Å². The third kappa shape index (κ3) is 4.71. The summed E-state index contributed by atoms with van der Waals surface area (Å²) in [6.45, 7) is 12.0. The fraction of sp³-hybridized carbons (Fsp3) is 0.522. The molecule has 3 unspecified atom stereocenters. The lowest BCUT2D eigenvalue weighted by Gasteiger charge is -2.47. The number of imidazole rings is 1. The zero-order valence-electron chi connectivity index (χ0n) is 19.5.